The summed E-state index contributed by atoms with van der Waals surface area (Å²) in [5.41, 5.74) is 2.54. The van der Waals surface area contributed by atoms with Crippen LogP contribution in [0, 0.1) is 13.8 Å². The number of hydrogen-bond acceptors (Lipinski definition) is 7. The number of hydrogen-bond donors (Lipinski definition) is 1. The second-order valence-corrected chi connectivity index (χ2v) is 10.0. The SMILES string of the molecule is COc1ccc(C)cc1S(=O)(=O)N1CCC[C@@H]1c1cccc(Nc2nc(C)cs2)n1. The monoisotopic (exact) mass is 444 g/mol. The molecule has 4 rings (SSSR count). The Bertz CT molecular complexity index is 1160. The normalized spacial score (nSPS) is 17.2. The summed E-state index contributed by atoms with van der Waals surface area (Å²) in [6, 6.07) is 10.5. The molecular formula is C21H24N4O3S2. The van der Waals surface area contributed by atoms with Gasteiger partial charge in [-0.15, -0.1) is 11.3 Å². The number of pyridine rings is 1. The molecule has 1 saturated heterocycles. The van der Waals surface area contributed by atoms with Crippen LogP contribution in [0.3, 0.4) is 0 Å². The molecule has 158 valence electrons. The predicted octanol–water partition coefficient (Wildman–Crippen LogP) is 4.43. The summed E-state index contributed by atoms with van der Waals surface area (Å²) >= 11 is 1.51. The van der Waals surface area contributed by atoms with E-state index in [2.05, 4.69) is 10.3 Å². The fraction of sp³-hybridized carbons (Fsp3) is 0.333. The standard InChI is InChI=1S/C21H24N4O3S2/c1-14-9-10-18(28-3)19(12-14)30(26,27)25-11-5-7-17(25)16-6-4-8-20(23-16)24-21-22-15(2)13-29-21/h4,6,8-10,12-13,17H,5,7,11H2,1-3H3,(H,22,23,24)/t17-/m1/s1. The molecule has 3 heterocycles. The molecule has 1 N–H and O–H groups in total. The molecule has 1 aliphatic heterocycles. The van der Waals surface area contributed by atoms with Crippen molar-refractivity contribution in [2.75, 3.05) is 19.0 Å². The maximum atomic E-state index is 13.5. The highest BCUT2D eigenvalue weighted by Gasteiger charge is 2.38. The summed E-state index contributed by atoms with van der Waals surface area (Å²) in [5.74, 6) is 1.01. The molecule has 3 aromatic rings. The molecule has 1 aromatic carbocycles. The number of sulfonamides is 1. The van der Waals surface area contributed by atoms with Crippen LogP contribution in [0.25, 0.3) is 0 Å². The highest BCUT2D eigenvalue weighted by Crippen LogP contribution is 2.38. The average Bonchev–Trinajstić information content (AvgIpc) is 3.38. The number of anilines is 2. The van der Waals surface area contributed by atoms with Crippen molar-refractivity contribution < 1.29 is 13.2 Å². The minimum Gasteiger partial charge on any atom is -0.495 e. The first-order valence-corrected chi connectivity index (χ1v) is 12.0. The number of rotatable bonds is 6. The molecule has 30 heavy (non-hydrogen) atoms. The van der Waals surface area contributed by atoms with E-state index in [1.165, 1.54) is 18.4 Å². The Kier molecular flexibility index (Phi) is 5.77. The lowest BCUT2D eigenvalue weighted by Gasteiger charge is -2.25. The Hall–Kier alpha value is -2.49. The van der Waals surface area contributed by atoms with Crippen LogP contribution in [-0.2, 0) is 10.0 Å². The third-order valence-electron chi connectivity index (χ3n) is 5.08. The second-order valence-electron chi connectivity index (χ2n) is 7.29. The molecule has 2 aromatic heterocycles. The third kappa shape index (κ3) is 4.05. The Balaban J connectivity index is 1.65. The summed E-state index contributed by atoms with van der Waals surface area (Å²) < 4.78 is 33.9. The number of thiazole rings is 1. The summed E-state index contributed by atoms with van der Waals surface area (Å²) in [7, 11) is -2.24. The lowest BCUT2D eigenvalue weighted by molar-refractivity contribution is 0.377. The number of aryl methyl sites for hydroxylation is 2. The minimum absolute atomic E-state index is 0.199. The Labute approximate surface area is 180 Å². The van der Waals surface area contributed by atoms with Gasteiger partial charge in [0.1, 0.15) is 16.5 Å². The first-order chi connectivity index (χ1) is 14.4. The van der Waals surface area contributed by atoms with Gasteiger partial charge in [0.25, 0.3) is 0 Å². The van der Waals surface area contributed by atoms with Crippen LogP contribution >= 0.6 is 11.3 Å². The number of nitrogens with zero attached hydrogens (tertiary/aromatic N) is 3. The van der Waals surface area contributed by atoms with Crippen LogP contribution in [0.1, 0.15) is 35.8 Å². The number of methoxy groups -OCH3 is 1. The van der Waals surface area contributed by atoms with Gasteiger partial charge in [-0.25, -0.2) is 18.4 Å². The zero-order valence-corrected chi connectivity index (χ0v) is 18.8. The third-order valence-corrected chi connectivity index (χ3v) is 7.88. The minimum atomic E-state index is -3.73. The van der Waals surface area contributed by atoms with Gasteiger partial charge < -0.3 is 10.1 Å². The summed E-state index contributed by atoms with van der Waals surface area (Å²) in [6.45, 7) is 4.26. The average molecular weight is 445 g/mol. The van der Waals surface area contributed by atoms with Crippen molar-refractivity contribution in [3.63, 3.8) is 0 Å². The molecule has 1 atom stereocenters. The van der Waals surface area contributed by atoms with Crippen molar-refractivity contribution in [3.05, 3.63) is 58.7 Å². The topological polar surface area (TPSA) is 84.4 Å². The molecular weight excluding hydrogens is 420 g/mol. The van der Waals surface area contributed by atoms with Crippen LogP contribution in [0.15, 0.2) is 46.7 Å². The summed E-state index contributed by atoms with van der Waals surface area (Å²) in [5, 5.41) is 5.93. The van der Waals surface area contributed by atoms with Gasteiger partial charge in [0.05, 0.1) is 24.5 Å². The van der Waals surface area contributed by atoms with E-state index in [0.717, 1.165) is 34.9 Å². The molecule has 7 nitrogen and oxygen atoms in total. The van der Waals surface area contributed by atoms with Gasteiger partial charge in [-0.05, 0) is 56.5 Å². The van der Waals surface area contributed by atoms with E-state index < -0.39 is 10.0 Å². The smallest absolute Gasteiger partial charge is 0.247 e. The molecule has 0 amide bonds. The molecule has 1 fully saturated rings. The van der Waals surface area contributed by atoms with Crippen molar-refractivity contribution >= 4 is 32.3 Å². The van der Waals surface area contributed by atoms with E-state index in [4.69, 9.17) is 9.72 Å². The van der Waals surface area contributed by atoms with Crippen molar-refractivity contribution in [2.45, 2.75) is 37.6 Å². The van der Waals surface area contributed by atoms with E-state index >= 15 is 0 Å². The van der Waals surface area contributed by atoms with Crippen molar-refractivity contribution in [1.82, 2.24) is 14.3 Å². The van der Waals surface area contributed by atoms with E-state index in [1.54, 1.807) is 16.4 Å². The molecule has 0 radical (unpaired) electrons. The van der Waals surface area contributed by atoms with Crippen LogP contribution in [0.5, 0.6) is 5.75 Å². The lowest BCUT2D eigenvalue weighted by atomic mass is 10.1. The molecule has 0 spiro atoms. The van der Waals surface area contributed by atoms with Gasteiger partial charge in [-0.1, -0.05) is 12.1 Å². The van der Waals surface area contributed by atoms with E-state index in [9.17, 15) is 8.42 Å². The van der Waals surface area contributed by atoms with Crippen LogP contribution < -0.4 is 10.1 Å². The summed E-state index contributed by atoms with van der Waals surface area (Å²) in [6.07, 6.45) is 1.50. The fourth-order valence-corrected chi connectivity index (χ4v) is 6.27. The quantitative estimate of drug-likeness (QED) is 0.605. The zero-order chi connectivity index (χ0) is 21.3. The molecule has 1 aliphatic rings. The van der Waals surface area contributed by atoms with E-state index in [1.807, 2.05) is 43.5 Å². The second kappa shape index (κ2) is 8.33. The molecule has 0 aliphatic carbocycles. The van der Waals surface area contributed by atoms with Crippen molar-refractivity contribution in [3.8, 4) is 5.75 Å². The fourth-order valence-electron chi connectivity index (χ4n) is 3.66. The molecule has 0 unspecified atom stereocenters. The van der Waals surface area contributed by atoms with Crippen LogP contribution in [0.2, 0.25) is 0 Å². The highest BCUT2D eigenvalue weighted by molar-refractivity contribution is 7.89. The highest BCUT2D eigenvalue weighted by atomic mass is 32.2. The Morgan fingerprint density at radius 1 is 1.20 bits per heavy atom. The number of ether oxygens (including phenoxy) is 1. The number of aromatic nitrogens is 2. The van der Waals surface area contributed by atoms with E-state index in [0.29, 0.717) is 18.1 Å². The molecule has 0 saturated carbocycles. The maximum Gasteiger partial charge on any atom is 0.247 e. The van der Waals surface area contributed by atoms with Gasteiger partial charge in [0.2, 0.25) is 10.0 Å². The predicted molar refractivity (Wildman–Crippen MR) is 118 cm³/mol. The van der Waals surface area contributed by atoms with Gasteiger partial charge in [-0.3, -0.25) is 0 Å². The Morgan fingerprint density at radius 3 is 2.77 bits per heavy atom. The van der Waals surface area contributed by atoms with Crippen molar-refractivity contribution in [2.24, 2.45) is 0 Å². The lowest BCUT2D eigenvalue weighted by Crippen LogP contribution is -2.31. The van der Waals surface area contributed by atoms with Gasteiger partial charge in [-0.2, -0.15) is 4.31 Å². The first-order valence-electron chi connectivity index (χ1n) is 9.71. The van der Waals surface area contributed by atoms with E-state index in [-0.39, 0.29) is 10.9 Å². The van der Waals surface area contributed by atoms with Crippen LogP contribution in [0.4, 0.5) is 10.9 Å². The zero-order valence-electron chi connectivity index (χ0n) is 17.1. The number of benzene rings is 1. The number of nitrogens with one attached hydrogen (secondary N) is 1. The van der Waals surface area contributed by atoms with Gasteiger partial charge in [0, 0.05) is 11.9 Å². The van der Waals surface area contributed by atoms with Crippen LogP contribution in [-0.4, -0.2) is 36.3 Å². The van der Waals surface area contributed by atoms with Gasteiger partial charge in [0.15, 0.2) is 5.13 Å². The molecule has 9 heteroatoms. The largest absolute Gasteiger partial charge is 0.495 e. The van der Waals surface area contributed by atoms with Gasteiger partial charge >= 0.3 is 0 Å². The van der Waals surface area contributed by atoms with Crippen molar-refractivity contribution in [1.29, 1.82) is 0 Å². The maximum absolute atomic E-state index is 13.5. The first kappa shape index (κ1) is 20.8. The summed E-state index contributed by atoms with van der Waals surface area (Å²) in [4.78, 5) is 9.30. The molecule has 0 bridgehead atoms. The Morgan fingerprint density at radius 2 is 2.03 bits per heavy atom.